The predicted molar refractivity (Wildman–Crippen MR) is 67.3 cm³/mol. The molecule has 0 aromatic carbocycles. The highest BCUT2D eigenvalue weighted by atomic mass is 35.5. The van der Waals surface area contributed by atoms with E-state index in [2.05, 4.69) is 4.98 Å². The fourth-order valence-electron chi connectivity index (χ4n) is 1.10. The van der Waals surface area contributed by atoms with E-state index < -0.39 is 11.2 Å². The molecule has 1 aromatic rings. The maximum absolute atomic E-state index is 10.8. The highest BCUT2D eigenvalue weighted by molar-refractivity contribution is 7.99. The van der Waals surface area contributed by atoms with Gasteiger partial charge in [-0.05, 0) is 18.1 Å². The molecule has 0 spiro atoms. The number of hydrogen-bond donors (Lipinski definition) is 1. The molecule has 0 bridgehead atoms. The largest absolute Gasteiger partial charge is 0.480 e. The van der Waals surface area contributed by atoms with Crippen LogP contribution in [0.15, 0.2) is 12.1 Å². The lowest BCUT2D eigenvalue weighted by molar-refractivity contribution is -0.136. The van der Waals surface area contributed by atoms with Crippen molar-refractivity contribution in [2.24, 2.45) is 0 Å². The minimum atomic E-state index is -0.800. The monoisotopic (exact) mass is 279 g/mol. The predicted octanol–water partition coefficient (Wildman–Crippen LogP) is 3.48. The molecule has 0 fully saturated rings. The molecule has 0 aliphatic rings. The second-order valence-electron chi connectivity index (χ2n) is 3.13. The topological polar surface area (TPSA) is 50.2 Å². The van der Waals surface area contributed by atoms with Gasteiger partial charge >= 0.3 is 5.97 Å². The Bertz CT molecular complexity index is 387. The zero-order chi connectivity index (χ0) is 12.1. The van der Waals surface area contributed by atoms with Crippen LogP contribution in [0.3, 0.4) is 0 Å². The number of nitrogens with zero attached hydrogens (tertiary/aromatic N) is 1. The Morgan fingerprint density at radius 1 is 1.56 bits per heavy atom. The highest BCUT2D eigenvalue weighted by Gasteiger charge is 2.16. The van der Waals surface area contributed by atoms with Gasteiger partial charge in [0.2, 0.25) is 0 Å². The molecule has 0 radical (unpaired) electrons. The van der Waals surface area contributed by atoms with Crippen LogP contribution in [-0.2, 0) is 10.5 Å². The minimum absolute atomic E-state index is 0.334. The van der Waals surface area contributed by atoms with Gasteiger partial charge in [-0.3, -0.25) is 4.79 Å². The molecule has 88 valence electrons. The molecule has 0 aliphatic heterocycles. The molecule has 0 amide bonds. The van der Waals surface area contributed by atoms with E-state index in [1.807, 2.05) is 6.92 Å². The summed E-state index contributed by atoms with van der Waals surface area (Å²) in [5.74, 6) is -0.279. The van der Waals surface area contributed by atoms with Gasteiger partial charge in [-0.2, -0.15) is 0 Å². The van der Waals surface area contributed by atoms with E-state index in [1.165, 1.54) is 11.8 Å². The number of thioether (sulfide) groups is 1. The second-order valence-corrected chi connectivity index (χ2v) is 5.07. The fraction of sp³-hybridized carbons (Fsp3) is 0.400. The van der Waals surface area contributed by atoms with Crippen LogP contribution in [0.4, 0.5) is 0 Å². The summed E-state index contributed by atoms with van der Waals surface area (Å²) >= 11 is 12.9. The van der Waals surface area contributed by atoms with Crippen LogP contribution in [0.2, 0.25) is 10.3 Å². The molecule has 1 heterocycles. The Balaban J connectivity index is 2.63. The second kappa shape index (κ2) is 6.33. The maximum atomic E-state index is 10.8. The Labute approximate surface area is 108 Å². The van der Waals surface area contributed by atoms with Crippen LogP contribution >= 0.6 is 35.0 Å². The summed E-state index contributed by atoms with van der Waals surface area (Å²) < 4.78 is 0. The molecular formula is C10H11Cl2NO2S. The molecule has 16 heavy (non-hydrogen) atoms. The molecule has 3 nitrogen and oxygen atoms in total. The lowest BCUT2D eigenvalue weighted by Crippen LogP contribution is -2.15. The summed E-state index contributed by atoms with van der Waals surface area (Å²) in [6, 6.07) is 3.41. The van der Waals surface area contributed by atoms with Crippen LogP contribution < -0.4 is 0 Å². The summed E-state index contributed by atoms with van der Waals surface area (Å²) in [6.07, 6.45) is 0.582. The maximum Gasteiger partial charge on any atom is 0.316 e. The Morgan fingerprint density at radius 3 is 2.75 bits per heavy atom. The van der Waals surface area contributed by atoms with Gasteiger partial charge in [-0.15, -0.1) is 11.8 Å². The average molecular weight is 280 g/mol. The number of rotatable bonds is 5. The van der Waals surface area contributed by atoms with Crippen LogP contribution in [0.5, 0.6) is 0 Å². The molecule has 0 saturated heterocycles. The summed E-state index contributed by atoms with van der Waals surface area (Å²) in [7, 11) is 0. The first-order valence-electron chi connectivity index (χ1n) is 4.70. The van der Waals surface area contributed by atoms with E-state index in [-0.39, 0.29) is 0 Å². The lowest BCUT2D eigenvalue weighted by atomic mass is 10.3. The quantitative estimate of drug-likeness (QED) is 0.839. The minimum Gasteiger partial charge on any atom is -0.480 e. The van der Waals surface area contributed by atoms with Crippen molar-refractivity contribution in [1.29, 1.82) is 0 Å². The van der Waals surface area contributed by atoms with E-state index >= 15 is 0 Å². The highest BCUT2D eigenvalue weighted by Crippen LogP contribution is 2.25. The zero-order valence-electron chi connectivity index (χ0n) is 8.61. The van der Waals surface area contributed by atoms with Crippen LogP contribution in [0.1, 0.15) is 18.9 Å². The van der Waals surface area contributed by atoms with E-state index in [4.69, 9.17) is 28.3 Å². The van der Waals surface area contributed by atoms with Gasteiger partial charge in [-0.1, -0.05) is 36.2 Å². The average Bonchev–Trinajstić information content (AvgIpc) is 2.21. The van der Waals surface area contributed by atoms with Crippen molar-refractivity contribution in [3.05, 3.63) is 28.0 Å². The molecule has 0 aliphatic carbocycles. The van der Waals surface area contributed by atoms with E-state index in [0.29, 0.717) is 22.5 Å². The Kier molecular flexibility index (Phi) is 5.38. The number of pyridine rings is 1. The van der Waals surface area contributed by atoms with Gasteiger partial charge in [0, 0.05) is 5.75 Å². The van der Waals surface area contributed by atoms with E-state index in [9.17, 15) is 4.79 Å². The number of carboxylic acids is 1. The Morgan fingerprint density at radius 2 is 2.25 bits per heavy atom. The van der Waals surface area contributed by atoms with Crippen LogP contribution in [0, 0.1) is 0 Å². The third-order valence-corrected chi connectivity index (χ3v) is 3.93. The van der Waals surface area contributed by atoms with Gasteiger partial charge < -0.3 is 5.11 Å². The molecule has 1 unspecified atom stereocenters. The molecule has 1 atom stereocenters. The standard InChI is InChI=1S/C10H11Cl2NO2S/c1-2-7(10(14)15)16-5-6-3-4-8(11)13-9(6)12/h3-4,7H,2,5H2,1H3,(H,14,15). The van der Waals surface area contributed by atoms with Gasteiger partial charge in [0.05, 0.1) is 0 Å². The molecule has 1 aromatic heterocycles. The van der Waals surface area contributed by atoms with Crippen molar-refractivity contribution in [3.8, 4) is 0 Å². The summed E-state index contributed by atoms with van der Waals surface area (Å²) in [6.45, 7) is 1.84. The van der Waals surface area contributed by atoms with E-state index in [0.717, 1.165) is 5.56 Å². The van der Waals surface area contributed by atoms with Crippen molar-refractivity contribution >= 4 is 40.9 Å². The number of hydrogen-bond acceptors (Lipinski definition) is 3. The number of aromatic nitrogens is 1. The first-order valence-corrected chi connectivity index (χ1v) is 6.50. The van der Waals surface area contributed by atoms with Crippen molar-refractivity contribution in [3.63, 3.8) is 0 Å². The van der Waals surface area contributed by atoms with Crippen molar-refractivity contribution in [2.45, 2.75) is 24.3 Å². The fourth-order valence-corrected chi connectivity index (χ4v) is 2.59. The van der Waals surface area contributed by atoms with Gasteiger partial charge in [0.15, 0.2) is 0 Å². The first kappa shape index (κ1) is 13.6. The SMILES string of the molecule is CCC(SCc1ccc(Cl)nc1Cl)C(=O)O. The van der Waals surface area contributed by atoms with Crippen molar-refractivity contribution < 1.29 is 9.90 Å². The van der Waals surface area contributed by atoms with Crippen LogP contribution in [-0.4, -0.2) is 21.3 Å². The molecule has 6 heteroatoms. The summed E-state index contributed by atoms with van der Waals surface area (Å²) in [5.41, 5.74) is 0.802. The third-order valence-electron chi connectivity index (χ3n) is 1.98. The summed E-state index contributed by atoms with van der Waals surface area (Å²) in [4.78, 5) is 14.7. The van der Waals surface area contributed by atoms with Crippen molar-refractivity contribution in [1.82, 2.24) is 4.98 Å². The smallest absolute Gasteiger partial charge is 0.316 e. The lowest BCUT2D eigenvalue weighted by Gasteiger charge is -2.09. The molecule has 0 saturated carbocycles. The normalized spacial score (nSPS) is 12.4. The molecule has 1 rings (SSSR count). The zero-order valence-corrected chi connectivity index (χ0v) is 10.9. The van der Waals surface area contributed by atoms with Gasteiger partial charge in [0.25, 0.3) is 0 Å². The van der Waals surface area contributed by atoms with Crippen LogP contribution in [0.25, 0.3) is 0 Å². The van der Waals surface area contributed by atoms with Gasteiger partial charge in [-0.25, -0.2) is 4.98 Å². The first-order chi connectivity index (χ1) is 7.54. The number of aliphatic carboxylic acids is 1. The van der Waals surface area contributed by atoms with Gasteiger partial charge in [0.1, 0.15) is 15.6 Å². The number of carbonyl (C=O) groups is 1. The Hall–Kier alpha value is -0.450. The molecule has 1 N–H and O–H groups in total. The summed E-state index contributed by atoms with van der Waals surface area (Å²) in [5, 5.41) is 9.13. The number of halogens is 2. The van der Waals surface area contributed by atoms with E-state index in [1.54, 1.807) is 12.1 Å². The molecular weight excluding hydrogens is 269 g/mol. The van der Waals surface area contributed by atoms with Crippen molar-refractivity contribution in [2.75, 3.05) is 0 Å². The number of carboxylic acid groups (broad SMARTS) is 1. The third kappa shape index (κ3) is 3.85.